The van der Waals surface area contributed by atoms with E-state index in [9.17, 15) is 0 Å². The summed E-state index contributed by atoms with van der Waals surface area (Å²) in [6.07, 6.45) is 1.21. The molecule has 0 spiro atoms. The van der Waals surface area contributed by atoms with Crippen molar-refractivity contribution in [2.24, 2.45) is 0 Å². The Labute approximate surface area is 89.7 Å². The van der Waals surface area contributed by atoms with Gasteiger partial charge in [0, 0.05) is 25.0 Å². The van der Waals surface area contributed by atoms with Crippen LogP contribution in [0.4, 0.5) is 0 Å². The van der Waals surface area contributed by atoms with Crippen LogP contribution in [0.15, 0.2) is 29.2 Å². The van der Waals surface area contributed by atoms with Crippen molar-refractivity contribution in [2.75, 3.05) is 19.8 Å². The molecule has 2 nitrogen and oxygen atoms in total. The van der Waals surface area contributed by atoms with Crippen LogP contribution in [-0.4, -0.2) is 24.9 Å². The zero-order chi connectivity index (χ0) is 9.97. The lowest BCUT2D eigenvalue weighted by atomic mass is 10.0. The molecule has 0 amide bonds. The van der Waals surface area contributed by atoms with Gasteiger partial charge in [-0.05, 0) is 23.8 Å². The van der Waals surface area contributed by atoms with Crippen LogP contribution in [0.25, 0.3) is 0 Å². The largest absolute Gasteiger partial charge is 0.250 e. The SMILES string of the molecule is CN(C)NC1CCSc2ccccc21. The van der Waals surface area contributed by atoms with Gasteiger partial charge in [-0.2, -0.15) is 0 Å². The summed E-state index contributed by atoms with van der Waals surface area (Å²) in [4.78, 5) is 1.43. The Hall–Kier alpha value is -0.510. The Morgan fingerprint density at radius 3 is 2.93 bits per heavy atom. The van der Waals surface area contributed by atoms with E-state index in [1.807, 2.05) is 30.9 Å². The van der Waals surface area contributed by atoms with E-state index in [-0.39, 0.29) is 0 Å². The number of fused-ring (bicyclic) bond motifs is 1. The normalized spacial score (nSPS) is 20.9. The molecule has 1 N–H and O–H groups in total. The fourth-order valence-corrected chi connectivity index (χ4v) is 2.91. The maximum atomic E-state index is 3.46. The molecule has 1 aromatic rings. The molecule has 0 aliphatic carbocycles. The second-order valence-corrected chi connectivity index (χ2v) is 4.89. The fourth-order valence-electron chi connectivity index (χ4n) is 1.79. The summed E-state index contributed by atoms with van der Waals surface area (Å²) in [5.74, 6) is 1.21. The van der Waals surface area contributed by atoms with Crippen LogP contribution in [0, 0.1) is 0 Å². The van der Waals surface area contributed by atoms with E-state index in [1.165, 1.54) is 22.6 Å². The predicted octanol–water partition coefficient (Wildman–Crippen LogP) is 2.29. The standard InChI is InChI=1S/C11H16N2S/c1-13(2)12-10-7-8-14-11-6-4-3-5-9(10)11/h3-6,10,12H,7-8H2,1-2H3. The highest BCUT2D eigenvalue weighted by molar-refractivity contribution is 7.99. The number of thioether (sulfide) groups is 1. The van der Waals surface area contributed by atoms with Gasteiger partial charge in [0.2, 0.25) is 0 Å². The first-order chi connectivity index (χ1) is 6.77. The summed E-state index contributed by atoms with van der Waals surface area (Å²) in [6, 6.07) is 9.16. The minimum Gasteiger partial charge on any atom is -0.250 e. The second-order valence-electron chi connectivity index (χ2n) is 3.75. The lowest BCUT2D eigenvalue weighted by Gasteiger charge is -2.28. The third-order valence-electron chi connectivity index (χ3n) is 2.37. The molecule has 76 valence electrons. The molecule has 1 atom stereocenters. The first-order valence-corrected chi connectivity index (χ1v) is 5.91. The Morgan fingerprint density at radius 2 is 2.14 bits per heavy atom. The molecule has 1 heterocycles. The van der Waals surface area contributed by atoms with Gasteiger partial charge in [0.15, 0.2) is 0 Å². The van der Waals surface area contributed by atoms with E-state index in [0.29, 0.717) is 6.04 Å². The van der Waals surface area contributed by atoms with Crippen molar-refractivity contribution in [3.63, 3.8) is 0 Å². The number of nitrogens with zero attached hydrogens (tertiary/aromatic N) is 1. The number of hydrazine groups is 1. The minimum absolute atomic E-state index is 0.488. The highest BCUT2D eigenvalue weighted by Crippen LogP contribution is 2.35. The maximum absolute atomic E-state index is 3.46. The summed E-state index contributed by atoms with van der Waals surface area (Å²) >= 11 is 1.96. The van der Waals surface area contributed by atoms with Crippen LogP contribution in [-0.2, 0) is 0 Å². The first kappa shape index (κ1) is 10.0. The smallest absolute Gasteiger partial charge is 0.0483 e. The molecule has 1 aliphatic heterocycles. The fraction of sp³-hybridized carbons (Fsp3) is 0.455. The van der Waals surface area contributed by atoms with E-state index >= 15 is 0 Å². The lowest BCUT2D eigenvalue weighted by Crippen LogP contribution is -2.35. The van der Waals surface area contributed by atoms with Crippen LogP contribution in [0.5, 0.6) is 0 Å². The van der Waals surface area contributed by atoms with Gasteiger partial charge in [0.25, 0.3) is 0 Å². The molecule has 0 saturated heterocycles. The molecule has 0 saturated carbocycles. The van der Waals surface area contributed by atoms with E-state index in [0.717, 1.165) is 0 Å². The van der Waals surface area contributed by atoms with Crippen molar-refractivity contribution in [2.45, 2.75) is 17.4 Å². The van der Waals surface area contributed by atoms with Crippen LogP contribution in [0.3, 0.4) is 0 Å². The van der Waals surface area contributed by atoms with E-state index in [1.54, 1.807) is 0 Å². The molecule has 1 aliphatic rings. The Bertz CT molecular complexity index is 312. The predicted molar refractivity (Wildman–Crippen MR) is 61.3 cm³/mol. The number of hydrogen-bond donors (Lipinski definition) is 1. The number of nitrogens with one attached hydrogen (secondary N) is 1. The average Bonchev–Trinajstić information content (AvgIpc) is 2.18. The van der Waals surface area contributed by atoms with Crippen LogP contribution in [0.2, 0.25) is 0 Å². The van der Waals surface area contributed by atoms with Crippen LogP contribution in [0.1, 0.15) is 18.0 Å². The number of benzene rings is 1. The Balaban J connectivity index is 2.22. The second kappa shape index (κ2) is 4.34. The molecule has 0 fully saturated rings. The third-order valence-corrected chi connectivity index (χ3v) is 3.50. The number of rotatable bonds is 2. The van der Waals surface area contributed by atoms with Crippen molar-refractivity contribution >= 4 is 11.8 Å². The summed E-state index contributed by atoms with van der Waals surface area (Å²) in [5.41, 5.74) is 4.90. The molecular weight excluding hydrogens is 192 g/mol. The van der Waals surface area contributed by atoms with Gasteiger partial charge >= 0.3 is 0 Å². The molecule has 0 bridgehead atoms. The monoisotopic (exact) mass is 208 g/mol. The molecular formula is C11H16N2S. The van der Waals surface area contributed by atoms with Crippen LogP contribution < -0.4 is 5.43 Å². The zero-order valence-electron chi connectivity index (χ0n) is 8.66. The van der Waals surface area contributed by atoms with Crippen molar-refractivity contribution < 1.29 is 0 Å². The molecule has 2 rings (SSSR count). The molecule has 3 heteroatoms. The molecule has 1 unspecified atom stereocenters. The van der Waals surface area contributed by atoms with E-state index in [4.69, 9.17) is 0 Å². The van der Waals surface area contributed by atoms with Gasteiger partial charge in [-0.3, -0.25) is 5.01 Å². The molecule has 14 heavy (non-hydrogen) atoms. The van der Waals surface area contributed by atoms with Gasteiger partial charge in [-0.15, -0.1) is 11.8 Å². The van der Waals surface area contributed by atoms with Gasteiger partial charge in [-0.25, -0.2) is 5.43 Å². The van der Waals surface area contributed by atoms with Gasteiger partial charge < -0.3 is 0 Å². The highest BCUT2D eigenvalue weighted by atomic mass is 32.2. The van der Waals surface area contributed by atoms with Gasteiger partial charge in [0.05, 0.1) is 0 Å². The van der Waals surface area contributed by atoms with Gasteiger partial charge in [-0.1, -0.05) is 18.2 Å². The number of hydrogen-bond acceptors (Lipinski definition) is 3. The van der Waals surface area contributed by atoms with E-state index in [2.05, 4.69) is 29.7 Å². The Morgan fingerprint density at radius 1 is 1.36 bits per heavy atom. The van der Waals surface area contributed by atoms with Crippen molar-refractivity contribution in [3.8, 4) is 0 Å². The Kier molecular flexibility index (Phi) is 3.11. The molecule has 1 aromatic carbocycles. The molecule has 0 radical (unpaired) electrons. The summed E-state index contributed by atoms with van der Waals surface area (Å²) < 4.78 is 0. The van der Waals surface area contributed by atoms with Crippen molar-refractivity contribution in [1.82, 2.24) is 10.4 Å². The summed E-state index contributed by atoms with van der Waals surface area (Å²) in [7, 11) is 4.09. The van der Waals surface area contributed by atoms with E-state index < -0.39 is 0 Å². The van der Waals surface area contributed by atoms with Crippen molar-refractivity contribution in [3.05, 3.63) is 29.8 Å². The summed E-state index contributed by atoms with van der Waals surface area (Å²) in [6.45, 7) is 0. The molecule has 0 aromatic heterocycles. The van der Waals surface area contributed by atoms with Crippen molar-refractivity contribution in [1.29, 1.82) is 0 Å². The average molecular weight is 208 g/mol. The van der Waals surface area contributed by atoms with Gasteiger partial charge in [0.1, 0.15) is 0 Å². The van der Waals surface area contributed by atoms with Crippen LogP contribution >= 0.6 is 11.8 Å². The minimum atomic E-state index is 0.488. The first-order valence-electron chi connectivity index (χ1n) is 4.92. The topological polar surface area (TPSA) is 15.3 Å². The zero-order valence-corrected chi connectivity index (χ0v) is 9.47. The maximum Gasteiger partial charge on any atom is 0.0483 e. The lowest BCUT2D eigenvalue weighted by molar-refractivity contribution is 0.237. The highest BCUT2D eigenvalue weighted by Gasteiger charge is 2.19. The quantitative estimate of drug-likeness (QED) is 0.751. The third kappa shape index (κ3) is 2.11. The summed E-state index contributed by atoms with van der Waals surface area (Å²) in [5, 5.41) is 2.04.